The van der Waals surface area contributed by atoms with Crippen LogP contribution in [0, 0.1) is 0 Å². The lowest BCUT2D eigenvalue weighted by atomic mass is 10.2. The van der Waals surface area contributed by atoms with E-state index in [0.29, 0.717) is 21.4 Å². The second-order valence-corrected chi connectivity index (χ2v) is 7.09. The normalized spacial score (nSPS) is 12.8. The van der Waals surface area contributed by atoms with E-state index in [1.165, 1.54) is 32.4 Å². The molecule has 0 saturated heterocycles. The quantitative estimate of drug-likeness (QED) is 0.759. The number of nitrogens with one attached hydrogen (secondary N) is 1. The number of hydrogen-bond acceptors (Lipinski definition) is 5. The average Bonchev–Trinajstić information content (AvgIpc) is 2.61. The van der Waals surface area contributed by atoms with Crippen LogP contribution in [-0.4, -0.2) is 35.6 Å². The molecule has 0 aliphatic rings. The molecule has 0 saturated carbocycles. The van der Waals surface area contributed by atoms with Gasteiger partial charge in [0.25, 0.3) is 5.91 Å². The zero-order valence-electron chi connectivity index (χ0n) is 14.4. The molecule has 0 aromatic heterocycles. The highest BCUT2D eigenvalue weighted by Crippen LogP contribution is 2.27. The SMILES string of the molecule is COc1ccc(NC(=O)[C@H](C)OC(=O)c2ccccc2[S@@](C)=O)cc1Cl. The Morgan fingerprint density at radius 2 is 1.88 bits per heavy atom. The summed E-state index contributed by atoms with van der Waals surface area (Å²) in [6.45, 7) is 1.45. The van der Waals surface area contributed by atoms with Gasteiger partial charge in [-0.25, -0.2) is 4.79 Å². The second kappa shape index (κ2) is 8.82. The highest BCUT2D eigenvalue weighted by atomic mass is 35.5. The fourth-order valence-corrected chi connectivity index (χ4v) is 3.14. The third-order valence-electron chi connectivity index (χ3n) is 3.49. The van der Waals surface area contributed by atoms with E-state index in [2.05, 4.69) is 5.32 Å². The molecule has 0 radical (unpaired) electrons. The first-order valence-electron chi connectivity index (χ1n) is 7.61. The summed E-state index contributed by atoms with van der Waals surface area (Å²) in [7, 11) is 0.136. The number of halogens is 1. The molecule has 138 valence electrons. The van der Waals surface area contributed by atoms with Crippen LogP contribution in [-0.2, 0) is 20.3 Å². The molecular formula is C18H18ClNO5S. The summed E-state index contributed by atoms with van der Waals surface area (Å²) in [6, 6.07) is 11.2. The maximum absolute atomic E-state index is 12.3. The number of amides is 1. The van der Waals surface area contributed by atoms with Gasteiger partial charge in [0.1, 0.15) is 5.75 Å². The van der Waals surface area contributed by atoms with Crippen LogP contribution in [0.25, 0.3) is 0 Å². The van der Waals surface area contributed by atoms with Crippen molar-refractivity contribution in [2.75, 3.05) is 18.7 Å². The zero-order chi connectivity index (χ0) is 19.3. The number of benzene rings is 2. The maximum atomic E-state index is 12.3. The Morgan fingerprint density at radius 1 is 1.19 bits per heavy atom. The van der Waals surface area contributed by atoms with Gasteiger partial charge < -0.3 is 14.8 Å². The molecule has 0 aliphatic carbocycles. The number of methoxy groups -OCH3 is 1. The Hall–Kier alpha value is -2.38. The van der Waals surface area contributed by atoms with Gasteiger partial charge in [-0.1, -0.05) is 23.7 Å². The minimum Gasteiger partial charge on any atom is -0.495 e. The smallest absolute Gasteiger partial charge is 0.340 e. The Bertz CT molecular complexity index is 855. The number of carbonyl (C=O) groups excluding carboxylic acids is 2. The Kier molecular flexibility index (Phi) is 6.76. The van der Waals surface area contributed by atoms with Crippen LogP contribution in [0.4, 0.5) is 5.69 Å². The molecule has 1 N–H and O–H groups in total. The molecular weight excluding hydrogens is 378 g/mol. The van der Waals surface area contributed by atoms with Gasteiger partial charge in [-0.2, -0.15) is 0 Å². The van der Waals surface area contributed by atoms with E-state index in [1.54, 1.807) is 30.3 Å². The van der Waals surface area contributed by atoms with Crippen molar-refractivity contribution in [3.63, 3.8) is 0 Å². The summed E-state index contributed by atoms with van der Waals surface area (Å²) in [5.74, 6) is -0.755. The minimum absolute atomic E-state index is 0.167. The van der Waals surface area contributed by atoms with Crippen LogP contribution in [0.2, 0.25) is 5.02 Å². The largest absolute Gasteiger partial charge is 0.495 e. The number of hydrogen-bond donors (Lipinski definition) is 1. The zero-order valence-corrected chi connectivity index (χ0v) is 16.0. The molecule has 8 heteroatoms. The van der Waals surface area contributed by atoms with Crippen LogP contribution in [0.5, 0.6) is 5.75 Å². The van der Waals surface area contributed by atoms with E-state index in [9.17, 15) is 13.8 Å². The summed E-state index contributed by atoms with van der Waals surface area (Å²) in [5.41, 5.74) is 0.610. The number of ether oxygens (including phenoxy) is 2. The van der Waals surface area contributed by atoms with Gasteiger partial charge in [-0.15, -0.1) is 0 Å². The third kappa shape index (κ3) is 4.83. The fourth-order valence-electron chi connectivity index (χ4n) is 2.15. The third-order valence-corrected chi connectivity index (χ3v) is 4.76. The molecule has 1 amide bonds. The monoisotopic (exact) mass is 395 g/mol. The van der Waals surface area contributed by atoms with Crippen molar-refractivity contribution in [2.24, 2.45) is 0 Å². The first kappa shape index (κ1) is 19.9. The van der Waals surface area contributed by atoms with Crippen molar-refractivity contribution in [2.45, 2.75) is 17.9 Å². The molecule has 0 heterocycles. The van der Waals surface area contributed by atoms with E-state index in [-0.39, 0.29) is 5.56 Å². The van der Waals surface area contributed by atoms with Crippen LogP contribution in [0.3, 0.4) is 0 Å². The molecule has 0 spiro atoms. The lowest BCUT2D eigenvalue weighted by Crippen LogP contribution is -2.30. The fraction of sp³-hybridized carbons (Fsp3) is 0.222. The lowest BCUT2D eigenvalue weighted by molar-refractivity contribution is -0.123. The van der Waals surface area contributed by atoms with Crippen molar-refractivity contribution in [1.29, 1.82) is 0 Å². The van der Waals surface area contributed by atoms with E-state index < -0.39 is 28.8 Å². The molecule has 0 fully saturated rings. The van der Waals surface area contributed by atoms with Gasteiger partial charge in [0.2, 0.25) is 0 Å². The predicted octanol–water partition coefficient (Wildman–Crippen LogP) is 3.27. The average molecular weight is 396 g/mol. The summed E-state index contributed by atoms with van der Waals surface area (Å²) in [5, 5.41) is 2.95. The second-order valence-electron chi connectivity index (χ2n) is 5.34. The van der Waals surface area contributed by atoms with Crippen LogP contribution in [0.15, 0.2) is 47.4 Å². The first-order chi connectivity index (χ1) is 12.3. The van der Waals surface area contributed by atoms with E-state index >= 15 is 0 Å². The van der Waals surface area contributed by atoms with Gasteiger partial charge in [0.05, 0.1) is 33.4 Å². The molecule has 2 aromatic carbocycles. The molecule has 2 aromatic rings. The van der Waals surface area contributed by atoms with Gasteiger partial charge in [0.15, 0.2) is 6.10 Å². The van der Waals surface area contributed by atoms with E-state index in [0.717, 1.165) is 0 Å². The summed E-state index contributed by atoms with van der Waals surface area (Å²) in [4.78, 5) is 24.9. The molecule has 6 nitrogen and oxygen atoms in total. The Morgan fingerprint density at radius 3 is 2.50 bits per heavy atom. The number of esters is 1. The van der Waals surface area contributed by atoms with Gasteiger partial charge >= 0.3 is 5.97 Å². The van der Waals surface area contributed by atoms with Crippen molar-refractivity contribution < 1.29 is 23.3 Å². The number of carbonyl (C=O) groups is 2. The molecule has 0 bridgehead atoms. The summed E-state index contributed by atoms with van der Waals surface area (Å²) in [6.07, 6.45) is 0.414. The Balaban J connectivity index is 2.06. The standard InChI is InChI=1S/C18H18ClNO5S/c1-11(17(21)20-12-8-9-15(24-2)14(19)10-12)25-18(22)13-6-4-5-7-16(13)26(3)23/h4-11H,1-3H3,(H,20,21)/t11-,26+/m0/s1. The number of rotatable bonds is 6. The van der Waals surface area contributed by atoms with Crippen LogP contribution < -0.4 is 10.1 Å². The molecule has 2 rings (SSSR count). The predicted molar refractivity (Wildman–Crippen MR) is 100 cm³/mol. The van der Waals surface area contributed by atoms with Crippen molar-refractivity contribution >= 4 is 40.0 Å². The minimum atomic E-state index is -1.35. The van der Waals surface area contributed by atoms with Gasteiger partial charge in [-0.05, 0) is 37.3 Å². The number of anilines is 1. The first-order valence-corrected chi connectivity index (χ1v) is 9.55. The topological polar surface area (TPSA) is 81.7 Å². The molecule has 0 aliphatic heterocycles. The van der Waals surface area contributed by atoms with Crippen LogP contribution >= 0.6 is 11.6 Å². The van der Waals surface area contributed by atoms with Gasteiger partial charge in [0, 0.05) is 11.9 Å². The van der Waals surface area contributed by atoms with Crippen molar-refractivity contribution in [3.8, 4) is 5.75 Å². The van der Waals surface area contributed by atoms with E-state index in [4.69, 9.17) is 21.1 Å². The van der Waals surface area contributed by atoms with Gasteiger partial charge in [-0.3, -0.25) is 9.00 Å². The van der Waals surface area contributed by atoms with E-state index in [1.807, 2.05) is 0 Å². The van der Waals surface area contributed by atoms with Crippen molar-refractivity contribution in [3.05, 3.63) is 53.1 Å². The maximum Gasteiger partial charge on any atom is 0.340 e. The molecule has 26 heavy (non-hydrogen) atoms. The van der Waals surface area contributed by atoms with Crippen molar-refractivity contribution in [1.82, 2.24) is 0 Å². The lowest BCUT2D eigenvalue weighted by Gasteiger charge is -2.15. The highest BCUT2D eigenvalue weighted by Gasteiger charge is 2.22. The van der Waals surface area contributed by atoms with Crippen LogP contribution in [0.1, 0.15) is 17.3 Å². The highest BCUT2D eigenvalue weighted by molar-refractivity contribution is 7.84. The summed E-state index contributed by atoms with van der Waals surface area (Å²) < 4.78 is 22.0. The molecule has 0 unspecified atom stereocenters. The summed E-state index contributed by atoms with van der Waals surface area (Å²) >= 11 is 6.01. The Labute approximate surface area is 158 Å². The molecule has 2 atom stereocenters.